The summed E-state index contributed by atoms with van der Waals surface area (Å²) in [6, 6.07) is 5.62. The fourth-order valence-electron chi connectivity index (χ4n) is 2.80. The Kier molecular flexibility index (Phi) is 3.60. The molecule has 0 saturated carbocycles. The van der Waals surface area contributed by atoms with E-state index >= 15 is 0 Å². The summed E-state index contributed by atoms with van der Waals surface area (Å²) >= 11 is 0. The van der Waals surface area contributed by atoms with Gasteiger partial charge in [0, 0.05) is 31.2 Å². The minimum atomic E-state index is -0.764. The smallest absolute Gasteiger partial charge is 0.303 e. The number of hydrogen-bond donors (Lipinski definition) is 1. The van der Waals surface area contributed by atoms with Crippen LogP contribution in [0.4, 0.5) is 0 Å². The van der Waals surface area contributed by atoms with E-state index in [0.717, 1.165) is 18.4 Å². The molecule has 0 atom stereocenters. The molecule has 0 aliphatic carbocycles. The quantitative estimate of drug-likeness (QED) is 0.931. The SMILES string of the molecule is O=C(O)CC1CCN(C(=O)c2cc3cccn3cn2)CC1. The van der Waals surface area contributed by atoms with E-state index in [1.54, 1.807) is 17.3 Å². The Hall–Kier alpha value is -2.37. The summed E-state index contributed by atoms with van der Waals surface area (Å²) in [7, 11) is 0. The van der Waals surface area contributed by atoms with Crippen molar-refractivity contribution >= 4 is 17.4 Å². The standard InChI is InChI=1S/C15H17N3O3/c19-14(20)8-11-3-6-17(7-4-11)15(21)13-9-12-2-1-5-18(12)10-16-13/h1-2,5,9-11H,3-4,6-8H2,(H,19,20). The number of likely N-dealkylation sites (tertiary alicyclic amines) is 1. The molecule has 1 aliphatic heterocycles. The summed E-state index contributed by atoms with van der Waals surface area (Å²) in [5.74, 6) is -0.666. The summed E-state index contributed by atoms with van der Waals surface area (Å²) in [5.41, 5.74) is 1.38. The molecule has 110 valence electrons. The number of carboxylic acids is 1. The van der Waals surface area contributed by atoms with Gasteiger partial charge in [0.15, 0.2) is 0 Å². The molecule has 0 bridgehead atoms. The molecule has 0 radical (unpaired) electrons. The molecule has 2 aromatic rings. The fourth-order valence-corrected chi connectivity index (χ4v) is 2.80. The lowest BCUT2D eigenvalue weighted by atomic mass is 9.93. The van der Waals surface area contributed by atoms with Crippen LogP contribution in [-0.4, -0.2) is 44.4 Å². The largest absolute Gasteiger partial charge is 0.481 e. The summed E-state index contributed by atoms with van der Waals surface area (Å²) in [6.07, 6.45) is 5.20. The number of carbonyl (C=O) groups excluding carboxylic acids is 1. The van der Waals surface area contributed by atoms with E-state index in [1.165, 1.54) is 0 Å². The number of nitrogens with zero attached hydrogens (tertiary/aromatic N) is 3. The number of aromatic nitrogens is 2. The number of fused-ring (bicyclic) bond motifs is 1. The van der Waals surface area contributed by atoms with Crippen LogP contribution >= 0.6 is 0 Å². The van der Waals surface area contributed by atoms with E-state index in [9.17, 15) is 9.59 Å². The zero-order valence-corrected chi connectivity index (χ0v) is 11.6. The van der Waals surface area contributed by atoms with Gasteiger partial charge in [0.25, 0.3) is 5.91 Å². The molecule has 3 heterocycles. The van der Waals surface area contributed by atoms with Crippen LogP contribution < -0.4 is 0 Å². The Balaban J connectivity index is 1.67. The number of carboxylic acid groups (broad SMARTS) is 1. The molecule has 1 amide bonds. The second-order valence-electron chi connectivity index (χ2n) is 5.45. The van der Waals surface area contributed by atoms with E-state index in [4.69, 9.17) is 5.11 Å². The highest BCUT2D eigenvalue weighted by molar-refractivity contribution is 5.93. The van der Waals surface area contributed by atoms with Gasteiger partial charge in [0.05, 0.1) is 6.33 Å². The molecule has 1 saturated heterocycles. The van der Waals surface area contributed by atoms with Gasteiger partial charge in [-0.2, -0.15) is 0 Å². The van der Waals surface area contributed by atoms with Crippen LogP contribution in [0.3, 0.4) is 0 Å². The normalized spacial score (nSPS) is 16.3. The van der Waals surface area contributed by atoms with E-state index in [0.29, 0.717) is 18.8 Å². The van der Waals surface area contributed by atoms with Gasteiger partial charge in [-0.25, -0.2) is 4.98 Å². The second-order valence-corrected chi connectivity index (χ2v) is 5.45. The van der Waals surface area contributed by atoms with Crippen molar-refractivity contribution in [3.8, 4) is 0 Å². The lowest BCUT2D eigenvalue weighted by molar-refractivity contribution is -0.138. The number of carbonyl (C=O) groups is 2. The number of amides is 1. The molecule has 3 rings (SSSR count). The number of piperidine rings is 1. The third kappa shape index (κ3) is 2.89. The van der Waals surface area contributed by atoms with Crippen molar-refractivity contribution in [3.05, 3.63) is 36.4 Å². The Morgan fingerprint density at radius 2 is 2.10 bits per heavy atom. The van der Waals surface area contributed by atoms with Crippen molar-refractivity contribution in [1.82, 2.24) is 14.3 Å². The molecule has 0 aromatic carbocycles. The minimum Gasteiger partial charge on any atom is -0.481 e. The van der Waals surface area contributed by atoms with Gasteiger partial charge in [-0.3, -0.25) is 9.59 Å². The lowest BCUT2D eigenvalue weighted by Gasteiger charge is -2.31. The molecule has 0 spiro atoms. The summed E-state index contributed by atoms with van der Waals surface area (Å²) < 4.78 is 1.86. The zero-order valence-electron chi connectivity index (χ0n) is 11.6. The Bertz CT molecular complexity index is 672. The maximum atomic E-state index is 12.4. The van der Waals surface area contributed by atoms with Gasteiger partial charge < -0.3 is 14.4 Å². The first-order valence-corrected chi connectivity index (χ1v) is 7.07. The van der Waals surface area contributed by atoms with Gasteiger partial charge in [-0.05, 0) is 37.0 Å². The van der Waals surface area contributed by atoms with Crippen molar-refractivity contribution in [2.45, 2.75) is 19.3 Å². The topological polar surface area (TPSA) is 74.9 Å². The molecule has 6 heteroatoms. The molecule has 0 unspecified atom stereocenters. The van der Waals surface area contributed by atoms with Crippen LogP contribution in [0, 0.1) is 5.92 Å². The van der Waals surface area contributed by atoms with Crippen LogP contribution in [0.25, 0.3) is 5.52 Å². The van der Waals surface area contributed by atoms with Crippen molar-refractivity contribution in [2.24, 2.45) is 5.92 Å². The van der Waals surface area contributed by atoms with Crippen molar-refractivity contribution in [2.75, 3.05) is 13.1 Å². The highest BCUT2D eigenvalue weighted by Crippen LogP contribution is 2.21. The molecule has 21 heavy (non-hydrogen) atoms. The van der Waals surface area contributed by atoms with Crippen LogP contribution in [0.1, 0.15) is 29.8 Å². The molecule has 1 fully saturated rings. The first-order chi connectivity index (χ1) is 10.1. The number of rotatable bonds is 3. The first kappa shape index (κ1) is 13.6. The average molecular weight is 287 g/mol. The third-order valence-corrected chi connectivity index (χ3v) is 4.00. The molecular formula is C15H17N3O3. The van der Waals surface area contributed by atoms with Gasteiger partial charge in [-0.15, -0.1) is 0 Å². The molecule has 6 nitrogen and oxygen atoms in total. The summed E-state index contributed by atoms with van der Waals surface area (Å²) in [6.45, 7) is 1.20. The molecule has 1 N–H and O–H groups in total. The molecular weight excluding hydrogens is 270 g/mol. The Labute approximate surface area is 122 Å². The Morgan fingerprint density at radius 3 is 2.81 bits per heavy atom. The van der Waals surface area contributed by atoms with Crippen molar-refractivity contribution in [3.63, 3.8) is 0 Å². The summed E-state index contributed by atoms with van der Waals surface area (Å²) in [4.78, 5) is 29.1. The van der Waals surface area contributed by atoms with Gasteiger partial charge in [-0.1, -0.05) is 0 Å². The van der Waals surface area contributed by atoms with Gasteiger partial charge in [0.1, 0.15) is 5.69 Å². The Morgan fingerprint density at radius 1 is 1.33 bits per heavy atom. The van der Waals surface area contributed by atoms with Crippen LogP contribution in [0.15, 0.2) is 30.7 Å². The predicted octanol–water partition coefficient (Wildman–Crippen LogP) is 1.66. The van der Waals surface area contributed by atoms with Crippen LogP contribution in [0.5, 0.6) is 0 Å². The first-order valence-electron chi connectivity index (χ1n) is 7.07. The van der Waals surface area contributed by atoms with Crippen LogP contribution in [0.2, 0.25) is 0 Å². The molecule has 2 aromatic heterocycles. The molecule has 1 aliphatic rings. The number of aliphatic carboxylic acids is 1. The highest BCUT2D eigenvalue weighted by atomic mass is 16.4. The lowest BCUT2D eigenvalue weighted by Crippen LogP contribution is -2.39. The maximum absolute atomic E-state index is 12.4. The average Bonchev–Trinajstić information content (AvgIpc) is 2.94. The van der Waals surface area contributed by atoms with Gasteiger partial charge >= 0.3 is 5.97 Å². The maximum Gasteiger partial charge on any atom is 0.303 e. The second kappa shape index (κ2) is 5.55. The zero-order chi connectivity index (χ0) is 14.8. The van der Waals surface area contributed by atoms with Crippen molar-refractivity contribution in [1.29, 1.82) is 0 Å². The summed E-state index contributed by atoms with van der Waals surface area (Å²) in [5, 5.41) is 8.81. The van der Waals surface area contributed by atoms with E-state index in [2.05, 4.69) is 4.98 Å². The fraction of sp³-hybridized carbons (Fsp3) is 0.400. The predicted molar refractivity (Wildman–Crippen MR) is 76.1 cm³/mol. The minimum absolute atomic E-state index is 0.0764. The van der Waals surface area contributed by atoms with E-state index < -0.39 is 5.97 Å². The van der Waals surface area contributed by atoms with E-state index in [1.807, 2.05) is 22.7 Å². The van der Waals surface area contributed by atoms with Gasteiger partial charge in [0.2, 0.25) is 0 Å². The monoisotopic (exact) mass is 287 g/mol. The number of hydrogen-bond acceptors (Lipinski definition) is 3. The van der Waals surface area contributed by atoms with E-state index in [-0.39, 0.29) is 18.2 Å². The van der Waals surface area contributed by atoms with Crippen LogP contribution in [-0.2, 0) is 4.79 Å². The van der Waals surface area contributed by atoms with Crippen molar-refractivity contribution < 1.29 is 14.7 Å². The third-order valence-electron chi connectivity index (χ3n) is 4.00. The highest BCUT2D eigenvalue weighted by Gasteiger charge is 2.25.